The molecule has 6 aromatic carbocycles. The topological polar surface area (TPSA) is 12.9 Å². The molecule has 1 aliphatic carbocycles. The maximum absolute atomic E-state index is 4.93. The first kappa shape index (κ1) is 20.4. The Morgan fingerprint density at radius 2 is 1.05 bits per heavy atom. The van der Waals surface area contributed by atoms with Gasteiger partial charge in [0, 0.05) is 18.2 Å². The highest BCUT2D eigenvalue weighted by atomic mass is 14.7. The summed E-state index contributed by atoms with van der Waals surface area (Å²) in [5.41, 5.74) is 10.1. The van der Waals surface area contributed by atoms with E-state index in [1.807, 2.05) is 6.20 Å². The second kappa shape index (κ2) is 7.88. The van der Waals surface area contributed by atoms with Crippen LogP contribution in [0.4, 0.5) is 0 Å². The van der Waals surface area contributed by atoms with E-state index in [2.05, 4.69) is 121 Å². The standard InChI is InChI=1S/C36H23N/c1-2-8-23(9-3-1)24-14-15-25-21-35-32(33(25)20-24)18-19-37-36(35)26-16-17-31-29-12-5-4-10-27(29)28-11-6-7-13-30(28)34(31)22-26/h1-20,22H,21H2. The van der Waals surface area contributed by atoms with Crippen LogP contribution in [-0.4, -0.2) is 4.98 Å². The molecule has 0 unspecified atom stereocenters. The van der Waals surface area contributed by atoms with Gasteiger partial charge in [0.2, 0.25) is 0 Å². The van der Waals surface area contributed by atoms with Gasteiger partial charge in [-0.05, 0) is 83.9 Å². The highest BCUT2D eigenvalue weighted by molar-refractivity contribution is 6.25. The van der Waals surface area contributed by atoms with Crippen LogP contribution < -0.4 is 0 Å². The molecule has 0 radical (unpaired) electrons. The largest absolute Gasteiger partial charge is 0.256 e. The van der Waals surface area contributed by atoms with Gasteiger partial charge in [0.05, 0.1) is 5.69 Å². The van der Waals surface area contributed by atoms with Gasteiger partial charge in [0.25, 0.3) is 0 Å². The lowest BCUT2D eigenvalue weighted by Crippen LogP contribution is -1.92. The molecule has 1 nitrogen and oxygen atoms in total. The number of nitrogens with zero attached hydrogens (tertiary/aromatic N) is 1. The van der Waals surface area contributed by atoms with E-state index in [-0.39, 0.29) is 0 Å². The Kier molecular flexibility index (Phi) is 4.35. The Morgan fingerprint density at radius 3 is 1.78 bits per heavy atom. The van der Waals surface area contributed by atoms with Crippen LogP contribution in [0.5, 0.6) is 0 Å². The summed E-state index contributed by atoms with van der Waals surface area (Å²) >= 11 is 0. The summed E-state index contributed by atoms with van der Waals surface area (Å²) in [5, 5.41) is 7.78. The van der Waals surface area contributed by atoms with Gasteiger partial charge >= 0.3 is 0 Å². The van der Waals surface area contributed by atoms with E-state index in [9.17, 15) is 0 Å². The Bertz CT molecular complexity index is 1960. The quantitative estimate of drug-likeness (QED) is 0.230. The first-order chi connectivity index (χ1) is 18.3. The van der Waals surface area contributed by atoms with Crippen molar-refractivity contribution >= 4 is 32.3 Å². The molecule has 0 fully saturated rings. The summed E-state index contributed by atoms with van der Waals surface area (Å²) < 4.78 is 0. The first-order valence-electron chi connectivity index (χ1n) is 12.9. The highest BCUT2D eigenvalue weighted by Crippen LogP contribution is 2.43. The van der Waals surface area contributed by atoms with Crippen LogP contribution in [0.3, 0.4) is 0 Å². The summed E-state index contributed by atoms with van der Waals surface area (Å²) in [7, 11) is 0. The summed E-state index contributed by atoms with van der Waals surface area (Å²) in [5.74, 6) is 0. The van der Waals surface area contributed by atoms with Gasteiger partial charge < -0.3 is 0 Å². The third kappa shape index (κ3) is 3.07. The van der Waals surface area contributed by atoms with Gasteiger partial charge in [-0.25, -0.2) is 0 Å². The fraction of sp³-hybridized carbons (Fsp3) is 0.0278. The number of hydrogen-bond donors (Lipinski definition) is 0. The summed E-state index contributed by atoms with van der Waals surface area (Å²) in [4.78, 5) is 4.93. The van der Waals surface area contributed by atoms with Gasteiger partial charge in [-0.2, -0.15) is 0 Å². The zero-order valence-electron chi connectivity index (χ0n) is 20.3. The molecule has 8 rings (SSSR count). The predicted octanol–water partition coefficient (Wildman–Crippen LogP) is 9.45. The normalized spacial score (nSPS) is 12.2. The van der Waals surface area contributed by atoms with Gasteiger partial charge in [0.1, 0.15) is 0 Å². The van der Waals surface area contributed by atoms with Crippen molar-refractivity contribution in [3.8, 4) is 33.5 Å². The molecule has 0 N–H and O–H groups in total. The van der Waals surface area contributed by atoms with E-state index < -0.39 is 0 Å². The molecular formula is C36H23N. The Hall–Kier alpha value is -4.75. The van der Waals surface area contributed by atoms with Crippen molar-refractivity contribution in [2.24, 2.45) is 0 Å². The van der Waals surface area contributed by atoms with E-state index in [4.69, 9.17) is 4.98 Å². The molecule has 1 aliphatic rings. The molecule has 0 spiro atoms. The van der Waals surface area contributed by atoms with Gasteiger partial charge in [0.15, 0.2) is 0 Å². The average molecular weight is 470 g/mol. The molecule has 7 aromatic rings. The fourth-order valence-corrected chi connectivity index (χ4v) is 6.21. The molecular weight excluding hydrogens is 446 g/mol. The van der Waals surface area contributed by atoms with Crippen molar-refractivity contribution in [3.63, 3.8) is 0 Å². The summed E-state index contributed by atoms with van der Waals surface area (Å²) in [6.07, 6.45) is 2.89. The maximum atomic E-state index is 4.93. The zero-order chi connectivity index (χ0) is 24.3. The van der Waals surface area contributed by atoms with E-state index in [0.29, 0.717) is 0 Å². The average Bonchev–Trinajstić information content (AvgIpc) is 3.36. The maximum Gasteiger partial charge on any atom is 0.0743 e. The van der Waals surface area contributed by atoms with Crippen LogP contribution in [0.15, 0.2) is 128 Å². The minimum absolute atomic E-state index is 0.916. The highest BCUT2D eigenvalue weighted by Gasteiger charge is 2.23. The number of hydrogen-bond acceptors (Lipinski definition) is 1. The molecule has 1 heteroatoms. The lowest BCUT2D eigenvalue weighted by Gasteiger charge is -2.13. The van der Waals surface area contributed by atoms with Gasteiger partial charge in [-0.3, -0.25) is 4.98 Å². The van der Waals surface area contributed by atoms with E-state index in [1.54, 1.807) is 0 Å². The first-order valence-corrected chi connectivity index (χ1v) is 12.9. The van der Waals surface area contributed by atoms with E-state index >= 15 is 0 Å². The third-order valence-corrected chi connectivity index (χ3v) is 7.95. The van der Waals surface area contributed by atoms with Crippen LogP contribution in [0.2, 0.25) is 0 Å². The van der Waals surface area contributed by atoms with Crippen molar-refractivity contribution in [1.82, 2.24) is 4.98 Å². The second-order valence-electron chi connectivity index (χ2n) is 9.95. The number of fused-ring (bicyclic) bond motifs is 9. The predicted molar refractivity (Wildman–Crippen MR) is 156 cm³/mol. The lowest BCUT2D eigenvalue weighted by molar-refractivity contribution is 1.21. The molecule has 172 valence electrons. The van der Waals surface area contributed by atoms with Crippen molar-refractivity contribution in [3.05, 3.63) is 139 Å². The van der Waals surface area contributed by atoms with Crippen LogP contribution >= 0.6 is 0 Å². The summed E-state index contributed by atoms with van der Waals surface area (Å²) in [6.45, 7) is 0. The number of rotatable bonds is 2. The lowest BCUT2D eigenvalue weighted by atomic mass is 9.92. The Morgan fingerprint density at radius 1 is 0.432 bits per heavy atom. The minimum atomic E-state index is 0.916. The van der Waals surface area contributed by atoms with Gasteiger partial charge in [-0.1, -0.05) is 103 Å². The molecule has 0 saturated heterocycles. The molecule has 0 bridgehead atoms. The molecule has 1 heterocycles. The third-order valence-electron chi connectivity index (χ3n) is 7.95. The molecule has 0 atom stereocenters. The Labute approximate surface area is 215 Å². The van der Waals surface area contributed by atoms with Crippen LogP contribution in [0.25, 0.3) is 65.8 Å². The fourth-order valence-electron chi connectivity index (χ4n) is 6.21. The van der Waals surface area contributed by atoms with Crippen molar-refractivity contribution in [2.75, 3.05) is 0 Å². The zero-order valence-corrected chi connectivity index (χ0v) is 20.3. The number of pyridine rings is 1. The van der Waals surface area contributed by atoms with Crippen molar-refractivity contribution in [1.29, 1.82) is 0 Å². The molecule has 1 aromatic heterocycles. The van der Waals surface area contributed by atoms with Crippen molar-refractivity contribution < 1.29 is 0 Å². The van der Waals surface area contributed by atoms with E-state index in [1.165, 1.54) is 71.3 Å². The van der Waals surface area contributed by atoms with Crippen molar-refractivity contribution in [2.45, 2.75) is 6.42 Å². The smallest absolute Gasteiger partial charge is 0.0743 e. The Balaban J connectivity index is 1.33. The van der Waals surface area contributed by atoms with Crippen LogP contribution in [-0.2, 0) is 6.42 Å². The monoisotopic (exact) mass is 469 g/mol. The SMILES string of the molecule is c1ccc(-c2ccc3c(c2)-c2ccnc(-c4ccc5c6ccccc6c6ccccc6c5c4)c2C3)cc1. The number of benzene rings is 6. The van der Waals surface area contributed by atoms with Crippen LogP contribution in [0, 0.1) is 0 Å². The van der Waals surface area contributed by atoms with E-state index in [0.717, 1.165) is 12.1 Å². The molecule has 37 heavy (non-hydrogen) atoms. The minimum Gasteiger partial charge on any atom is -0.256 e. The van der Waals surface area contributed by atoms with Crippen LogP contribution in [0.1, 0.15) is 11.1 Å². The molecule has 0 saturated carbocycles. The van der Waals surface area contributed by atoms with Gasteiger partial charge in [-0.15, -0.1) is 0 Å². The second-order valence-corrected chi connectivity index (χ2v) is 9.95. The summed E-state index contributed by atoms with van der Waals surface area (Å²) in [6, 6.07) is 44.1. The number of aromatic nitrogens is 1. The molecule has 0 aliphatic heterocycles. The molecule has 0 amide bonds.